The molecule has 2 aromatic carbocycles. The van der Waals surface area contributed by atoms with Crippen molar-refractivity contribution in [3.05, 3.63) is 87.6 Å². The molecule has 2 aliphatic carbocycles. The van der Waals surface area contributed by atoms with Crippen molar-refractivity contribution in [1.82, 2.24) is 5.32 Å². The number of carbonyl (C=O) groups excluding carboxylic acids is 2. The molecule has 0 spiro atoms. The van der Waals surface area contributed by atoms with Crippen molar-refractivity contribution in [2.75, 3.05) is 0 Å². The Balaban J connectivity index is 1.76. The second-order valence-electron chi connectivity index (χ2n) is 8.97. The largest absolute Gasteiger partial charge is 0.358 e. The molecule has 1 N–H and O–H groups in total. The average molecular weight is 369 g/mol. The predicted molar refractivity (Wildman–Crippen MR) is 110 cm³/mol. The van der Waals surface area contributed by atoms with Crippen LogP contribution in [0.5, 0.6) is 0 Å². The van der Waals surface area contributed by atoms with Crippen LogP contribution >= 0.6 is 0 Å². The number of dihydropyridines is 1. The van der Waals surface area contributed by atoms with Gasteiger partial charge in [0.05, 0.1) is 5.70 Å². The molecule has 1 heterocycles. The van der Waals surface area contributed by atoms with Crippen molar-refractivity contribution in [2.45, 2.75) is 39.5 Å². The monoisotopic (exact) mass is 369 g/mol. The lowest BCUT2D eigenvalue weighted by Crippen LogP contribution is -2.37. The van der Waals surface area contributed by atoms with Crippen LogP contribution in [0.3, 0.4) is 0 Å². The molecule has 2 aromatic rings. The van der Waals surface area contributed by atoms with E-state index in [1.165, 1.54) is 0 Å². The molecule has 3 nitrogen and oxygen atoms in total. The van der Waals surface area contributed by atoms with Crippen LogP contribution in [0.15, 0.2) is 65.4 Å². The Hall–Kier alpha value is -2.94. The number of hydrogen-bond donors (Lipinski definition) is 1. The Morgan fingerprint density at radius 1 is 0.929 bits per heavy atom. The zero-order valence-electron chi connectivity index (χ0n) is 16.4. The minimum absolute atomic E-state index is 0.0359. The molecule has 0 saturated heterocycles. The van der Waals surface area contributed by atoms with Crippen LogP contribution in [0.2, 0.25) is 0 Å². The van der Waals surface area contributed by atoms with E-state index in [-0.39, 0.29) is 22.9 Å². The van der Waals surface area contributed by atoms with Gasteiger partial charge in [-0.25, -0.2) is 0 Å². The maximum absolute atomic E-state index is 13.4. The maximum atomic E-state index is 13.4. The summed E-state index contributed by atoms with van der Waals surface area (Å²) >= 11 is 0. The van der Waals surface area contributed by atoms with Gasteiger partial charge in [-0.1, -0.05) is 67.9 Å². The Labute approximate surface area is 165 Å². The summed E-state index contributed by atoms with van der Waals surface area (Å²) < 4.78 is 0. The summed E-state index contributed by atoms with van der Waals surface area (Å²) in [5.41, 5.74) is 7.12. The Kier molecular flexibility index (Phi) is 3.54. The zero-order valence-corrected chi connectivity index (χ0v) is 16.4. The van der Waals surface area contributed by atoms with E-state index >= 15 is 0 Å². The summed E-state index contributed by atoms with van der Waals surface area (Å²) in [6, 6.07) is 16.0. The Morgan fingerprint density at radius 3 is 2.43 bits per heavy atom. The molecule has 3 heteroatoms. The van der Waals surface area contributed by atoms with Gasteiger partial charge in [0.1, 0.15) is 0 Å². The van der Waals surface area contributed by atoms with Gasteiger partial charge in [0, 0.05) is 40.3 Å². The third kappa shape index (κ3) is 2.42. The number of carbonyl (C=O) groups is 2. The number of fused-ring (bicyclic) bond motifs is 2. The molecule has 5 rings (SSSR count). The highest BCUT2D eigenvalue weighted by atomic mass is 16.1. The number of allylic oxidation sites excluding steroid dienone is 3. The highest BCUT2D eigenvalue weighted by Gasteiger charge is 2.46. The van der Waals surface area contributed by atoms with E-state index in [1.54, 1.807) is 0 Å². The summed E-state index contributed by atoms with van der Waals surface area (Å²) in [4.78, 5) is 26.6. The van der Waals surface area contributed by atoms with Crippen LogP contribution in [-0.2, 0) is 4.79 Å². The molecule has 0 saturated carbocycles. The molecule has 0 amide bonds. The van der Waals surface area contributed by atoms with Gasteiger partial charge in [0.15, 0.2) is 11.6 Å². The van der Waals surface area contributed by atoms with Gasteiger partial charge >= 0.3 is 0 Å². The van der Waals surface area contributed by atoms with Crippen molar-refractivity contribution in [1.29, 1.82) is 0 Å². The molecule has 0 radical (unpaired) electrons. The van der Waals surface area contributed by atoms with E-state index in [4.69, 9.17) is 0 Å². The van der Waals surface area contributed by atoms with E-state index < -0.39 is 0 Å². The highest BCUT2D eigenvalue weighted by Crippen LogP contribution is 2.51. The number of benzene rings is 2. The normalized spacial score (nSPS) is 22.6. The van der Waals surface area contributed by atoms with Gasteiger partial charge in [-0.3, -0.25) is 9.59 Å². The summed E-state index contributed by atoms with van der Waals surface area (Å²) in [6.07, 6.45) is 1.32. The number of Topliss-reactive ketones (excluding diaryl/α,β-unsaturated/α-hetero) is 2. The fraction of sp³-hybridized carbons (Fsp3) is 0.280. The van der Waals surface area contributed by atoms with Crippen molar-refractivity contribution >= 4 is 17.3 Å². The van der Waals surface area contributed by atoms with Crippen molar-refractivity contribution in [2.24, 2.45) is 5.41 Å². The predicted octanol–water partition coefficient (Wildman–Crippen LogP) is 4.93. The van der Waals surface area contributed by atoms with E-state index in [2.05, 4.69) is 25.2 Å². The smallest absolute Gasteiger partial charge is 0.192 e. The molecule has 1 atom stereocenters. The summed E-state index contributed by atoms with van der Waals surface area (Å²) in [6.45, 7) is 6.32. The Bertz CT molecular complexity index is 1120. The van der Waals surface area contributed by atoms with Crippen LogP contribution in [0.1, 0.15) is 59.7 Å². The minimum atomic E-state index is -0.297. The van der Waals surface area contributed by atoms with Gasteiger partial charge in [-0.2, -0.15) is 0 Å². The molecule has 0 fully saturated rings. The second kappa shape index (κ2) is 5.78. The third-order valence-electron chi connectivity index (χ3n) is 6.10. The molecular weight excluding hydrogens is 346 g/mol. The standard InChI is InChI=1S/C25H23NO2/c1-14-7-6-8-15(11-14)20-21-18(12-25(2,3)13-19(21)27)26-23-16-9-4-5-10-17(16)24(28)22(20)23/h4-11,20,26H,12-13H2,1-3H3. The van der Waals surface area contributed by atoms with E-state index in [0.29, 0.717) is 6.42 Å². The van der Waals surface area contributed by atoms with Crippen LogP contribution in [0.25, 0.3) is 5.70 Å². The fourth-order valence-electron chi connectivity index (χ4n) is 4.97. The molecule has 140 valence electrons. The lowest BCUT2D eigenvalue weighted by molar-refractivity contribution is -0.118. The minimum Gasteiger partial charge on any atom is -0.358 e. The van der Waals surface area contributed by atoms with E-state index in [9.17, 15) is 9.59 Å². The molecule has 1 aliphatic heterocycles. The van der Waals surface area contributed by atoms with E-state index in [1.807, 2.05) is 49.4 Å². The molecular formula is C25H23NO2. The van der Waals surface area contributed by atoms with Gasteiger partial charge in [0.2, 0.25) is 0 Å². The highest BCUT2D eigenvalue weighted by molar-refractivity contribution is 6.23. The first-order valence-corrected chi connectivity index (χ1v) is 9.84. The topological polar surface area (TPSA) is 46.2 Å². The van der Waals surface area contributed by atoms with E-state index in [0.717, 1.165) is 51.2 Å². The molecule has 1 unspecified atom stereocenters. The van der Waals surface area contributed by atoms with Gasteiger partial charge in [-0.05, 0) is 24.3 Å². The number of nitrogens with one attached hydrogen (secondary N) is 1. The van der Waals surface area contributed by atoms with Crippen molar-refractivity contribution < 1.29 is 9.59 Å². The SMILES string of the molecule is Cc1cccc(C2C3=C(CC(C)(C)CC3=O)NC3=C2C(=O)c2ccccc23)c1. The number of aryl methyl sites for hydroxylation is 1. The summed E-state index contributed by atoms with van der Waals surface area (Å²) in [5.74, 6) is -0.107. The molecule has 28 heavy (non-hydrogen) atoms. The first-order chi connectivity index (χ1) is 13.4. The zero-order chi connectivity index (χ0) is 19.6. The van der Waals surface area contributed by atoms with Crippen LogP contribution in [0.4, 0.5) is 0 Å². The maximum Gasteiger partial charge on any atom is 0.192 e. The Morgan fingerprint density at radius 2 is 1.68 bits per heavy atom. The second-order valence-corrected chi connectivity index (χ2v) is 8.97. The fourth-order valence-corrected chi connectivity index (χ4v) is 4.97. The third-order valence-corrected chi connectivity index (χ3v) is 6.10. The first kappa shape index (κ1) is 17.2. The van der Waals surface area contributed by atoms with Gasteiger partial charge in [-0.15, -0.1) is 0 Å². The lowest BCUT2D eigenvalue weighted by Gasteiger charge is -2.39. The van der Waals surface area contributed by atoms with Gasteiger partial charge < -0.3 is 5.32 Å². The summed E-state index contributed by atoms with van der Waals surface area (Å²) in [5, 5.41) is 3.52. The number of rotatable bonds is 1. The number of hydrogen-bond acceptors (Lipinski definition) is 3. The van der Waals surface area contributed by atoms with Gasteiger partial charge in [0.25, 0.3) is 0 Å². The van der Waals surface area contributed by atoms with Crippen LogP contribution in [-0.4, -0.2) is 11.6 Å². The van der Waals surface area contributed by atoms with Crippen molar-refractivity contribution in [3.8, 4) is 0 Å². The molecule has 0 aromatic heterocycles. The van der Waals surface area contributed by atoms with Crippen LogP contribution in [0, 0.1) is 12.3 Å². The molecule has 3 aliphatic rings. The summed E-state index contributed by atoms with van der Waals surface area (Å²) in [7, 11) is 0. The first-order valence-electron chi connectivity index (χ1n) is 9.84. The van der Waals surface area contributed by atoms with Crippen LogP contribution < -0.4 is 5.32 Å². The quantitative estimate of drug-likeness (QED) is 0.775. The lowest BCUT2D eigenvalue weighted by atomic mass is 9.68. The average Bonchev–Trinajstić information content (AvgIpc) is 2.92. The number of ketones is 2. The molecule has 0 bridgehead atoms. The van der Waals surface area contributed by atoms with Crippen molar-refractivity contribution in [3.63, 3.8) is 0 Å².